The van der Waals surface area contributed by atoms with Crippen LogP contribution in [-0.2, 0) is 0 Å². The molecule has 26 heavy (non-hydrogen) atoms. The van der Waals surface area contributed by atoms with Crippen molar-refractivity contribution in [2.45, 2.75) is 25.8 Å². The minimum atomic E-state index is -0.368. The summed E-state index contributed by atoms with van der Waals surface area (Å²) in [6.07, 6.45) is 3.45. The topological polar surface area (TPSA) is 71.3 Å². The first-order valence-electron chi connectivity index (χ1n) is 8.46. The van der Waals surface area contributed by atoms with Crippen LogP contribution in [0.25, 0.3) is 11.1 Å². The number of aryl methyl sites for hydroxylation is 1. The number of hydrogen-bond acceptors (Lipinski definition) is 4. The van der Waals surface area contributed by atoms with E-state index in [0.29, 0.717) is 10.6 Å². The Kier molecular flexibility index (Phi) is 4.34. The summed E-state index contributed by atoms with van der Waals surface area (Å²) in [5.41, 5.74) is 3.43. The predicted octanol–water partition coefficient (Wildman–Crippen LogP) is 4.46. The van der Waals surface area contributed by atoms with Gasteiger partial charge in [0.1, 0.15) is 5.00 Å². The van der Waals surface area contributed by atoms with Gasteiger partial charge in [0.25, 0.3) is 11.8 Å². The van der Waals surface area contributed by atoms with Crippen LogP contribution in [0.15, 0.2) is 52.5 Å². The summed E-state index contributed by atoms with van der Waals surface area (Å²) in [4.78, 5) is 25.2. The van der Waals surface area contributed by atoms with Gasteiger partial charge >= 0.3 is 0 Å². The number of anilines is 1. The van der Waals surface area contributed by atoms with Gasteiger partial charge < -0.3 is 15.1 Å². The molecule has 0 aliphatic heterocycles. The number of hydrogen-bond donors (Lipinski definition) is 2. The predicted molar refractivity (Wildman–Crippen MR) is 102 cm³/mol. The molecular weight excluding hydrogens is 348 g/mol. The Bertz CT molecular complexity index is 938. The summed E-state index contributed by atoms with van der Waals surface area (Å²) >= 11 is 1.34. The second-order valence-corrected chi connectivity index (χ2v) is 7.28. The van der Waals surface area contributed by atoms with Gasteiger partial charge in [-0.2, -0.15) is 0 Å². The maximum absolute atomic E-state index is 12.8. The molecule has 2 N–H and O–H groups in total. The SMILES string of the molecule is Cc1ccc(-c2csc(NC(=O)c3ccco3)c2C(=O)NC2CC2)cc1. The monoisotopic (exact) mass is 366 g/mol. The van der Waals surface area contributed by atoms with Gasteiger partial charge in [-0.3, -0.25) is 9.59 Å². The van der Waals surface area contributed by atoms with Crippen molar-refractivity contribution in [3.63, 3.8) is 0 Å². The molecule has 0 unspecified atom stereocenters. The Balaban J connectivity index is 1.69. The number of carbonyl (C=O) groups is 2. The standard InChI is InChI=1S/C20H18N2O3S/c1-12-4-6-13(7-5-12)15-11-26-20(17(15)19(24)21-14-8-9-14)22-18(23)16-3-2-10-25-16/h2-7,10-11,14H,8-9H2,1H3,(H,21,24)(H,22,23). The summed E-state index contributed by atoms with van der Waals surface area (Å²) in [7, 11) is 0. The van der Waals surface area contributed by atoms with Crippen LogP contribution >= 0.6 is 11.3 Å². The van der Waals surface area contributed by atoms with Gasteiger partial charge in [0, 0.05) is 17.0 Å². The fourth-order valence-corrected chi connectivity index (χ4v) is 3.64. The molecule has 1 fully saturated rings. The first kappa shape index (κ1) is 16.6. The zero-order valence-electron chi connectivity index (χ0n) is 14.2. The highest BCUT2D eigenvalue weighted by Gasteiger charge is 2.28. The van der Waals surface area contributed by atoms with E-state index >= 15 is 0 Å². The summed E-state index contributed by atoms with van der Waals surface area (Å²) in [5.74, 6) is -0.310. The molecular formula is C20H18N2O3S. The van der Waals surface area contributed by atoms with Crippen LogP contribution < -0.4 is 10.6 Å². The molecule has 1 saturated carbocycles. The van der Waals surface area contributed by atoms with Crippen molar-refractivity contribution < 1.29 is 14.0 Å². The van der Waals surface area contributed by atoms with Crippen LogP contribution in [0.1, 0.15) is 39.3 Å². The van der Waals surface area contributed by atoms with Gasteiger partial charge in [-0.05, 0) is 37.5 Å². The normalized spacial score (nSPS) is 13.4. The molecule has 0 radical (unpaired) electrons. The Morgan fingerprint density at radius 3 is 2.54 bits per heavy atom. The highest BCUT2D eigenvalue weighted by Crippen LogP contribution is 2.36. The number of nitrogens with one attached hydrogen (secondary N) is 2. The van der Waals surface area contributed by atoms with Gasteiger partial charge in [-0.1, -0.05) is 29.8 Å². The number of furan rings is 1. The van der Waals surface area contributed by atoms with Crippen LogP contribution in [-0.4, -0.2) is 17.9 Å². The van der Waals surface area contributed by atoms with Crippen LogP contribution in [0.2, 0.25) is 0 Å². The number of benzene rings is 1. The molecule has 2 aromatic heterocycles. The molecule has 6 heteroatoms. The lowest BCUT2D eigenvalue weighted by Gasteiger charge is -2.09. The molecule has 0 spiro atoms. The lowest BCUT2D eigenvalue weighted by Crippen LogP contribution is -2.26. The van der Waals surface area contributed by atoms with Crippen molar-refractivity contribution in [2.24, 2.45) is 0 Å². The molecule has 5 nitrogen and oxygen atoms in total. The molecule has 0 saturated heterocycles. The molecule has 4 rings (SSSR count). The first-order valence-corrected chi connectivity index (χ1v) is 9.34. The van der Waals surface area contributed by atoms with E-state index in [1.165, 1.54) is 17.6 Å². The summed E-state index contributed by atoms with van der Waals surface area (Å²) in [5, 5.41) is 8.27. The summed E-state index contributed by atoms with van der Waals surface area (Å²) in [6, 6.07) is 11.5. The Labute approximate surface area is 155 Å². The van der Waals surface area contributed by atoms with Crippen molar-refractivity contribution >= 4 is 28.2 Å². The van der Waals surface area contributed by atoms with Gasteiger partial charge in [0.05, 0.1) is 11.8 Å². The Hall–Kier alpha value is -2.86. The van der Waals surface area contributed by atoms with Crippen molar-refractivity contribution in [2.75, 3.05) is 5.32 Å². The van der Waals surface area contributed by atoms with Crippen LogP contribution in [0.4, 0.5) is 5.00 Å². The maximum Gasteiger partial charge on any atom is 0.291 e. The van der Waals surface area contributed by atoms with Crippen LogP contribution in [0.5, 0.6) is 0 Å². The van der Waals surface area contributed by atoms with E-state index in [0.717, 1.165) is 29.5 Å². The largest absolute Gasteiger partial charge is 0.459 e. The number of amides is 2. The van der Waals surface area contributed by atoms with E-state index in [4.69, 9.17) is 4.42 Å². The lowest BCUT2D eigenvalue weighted by molar-refractivity contribution is 0.0953. The van der Waals surface area contributed by atoms with Gasteiger partial charge in [-0.25, -0.2) is 0 Å². The van der Waals surface area contributed by atoms with Gasteiger partial charge in [0.2, 0.25) is 0 Å². The van der Waals surface area contributed by atoms with E-state index in [1.54, 1.807) is 12.1 Å². The zero-order chi connectivity index (χ0) is 18.1. The number of rotatable bonds is 5. The van der Waals surface area contributed by atoms with Crippen molar-refractivity contribution in [3.05, 3.63) is 64.9 Å². The molecule has 1 aromatic carbocycles. The van der Waals surface area contributed by atoms with Gasteiger partial charge in [-0.15, -0.1) is 11.3 Å². The number of thiophene rings is 1. The Morgan fingerprint density at radius 2 is 1.88 bits per heavy atom. The second kappa shape index (κ2) is 6.80. The summed E-state index contributed by atoms with van der Waals surface area (Å²) in [6.45, 7) is 2.02. The molecule has 2 amide bonds. The molecule has 1 aliphatic rings. The zero-order valence-corrected chi connectivity index (χ0v) is 15.1. The van der Waals surface area contributed by atoms with Crippen LogP contribution in [0.3, 0.4) is 0 Å². The van der Waals surface area contributed by atoms with E-state index in [-0.39, 0.29) is 23.6 Å². The Morgan fingerprint density at radius 1 is 1.12 bits per heavy atom. The number of carbonyl (C=O) groups excluding carboxylic acids is 2. The third-order valence-electron chi connectivity index (χ3n) is 4.27. The quantitative estimate of drug-likeness (QED) is 0.700. The molecule has 132 valence electrons. The smallest absolute Gasteiger partial charge is 0.291 e. The third kappa shape index (κ3) is 3.41. The fourth-order valence-electron chi connectivity index (χ4n) is 2.68. The van der Waals surface area contributed by atoms with Crippen molar-refractivity contribution in [3.8, 4) is 11.1 Å². The molecule has 3 aromatic rings. The molecule has 2 heterocycles. The van der Waals surface area contributed by atoms with E-state index in [2.05, 4.69) is 10.6 Å². The van der Waals surface area contributed by atoms with Crippen molar-refractivity contribution in [1.29, 1.82) is 0 Å². The molecule has 0 bridgehead atoms. The minimum Gasteiger partial charge on any atom is -0.459 e. The average molecular weight is 366 g/mol. The van der Waals surface area contributed by atoms with E-state index in [1.807, 2.05) is 36.6 Å². The first-order chi connectivity index (χ1) is 12.6. The van der Waals surface area contributed by atoms with Crippen LogP contribution in [0, 0.1) is 6.92 Å². The molecule has 1 aliphatic carbocycles. The fraction of sp³-hybridized carbons (Fsp3) is 0.200. The minimum absolute atomic E-state index is 0.154. The van der Waals surface area contributed by atoms with E-state index in [9.17, 15) is 9.59 Å². The highest BCUT2D eigenvalue weighted by atomic mass is 32.1. The van der Waals surface area contributed by atoms with Gasteiger partial charge in [0.15, 0.2) is 5.76 Å². The second-order valence-electron chi connectivity index (χ2n) is 6.40. The maximum atomic E-state index is 12.8. The molecule has 0 atom stereocenters. The third-order valence-corrected chi connectivity index (χ3v) is 5.16. The highest BCUT2D eigenvalue weighted by molar-refractivity contribution is 7.15. The van der Waals surface area contributed by atoms with Crippen molar-refractivity contribution in [1.82, 2.24) is 5.32 Å². The average Bonchev–Trinajstić information content (AvgIpc) is 3.12. The van der Waals surface area contributed by atoms with E-state index < -0.39 is 0 Å². The lowest BCUT2D eigenvalue weighted by atomic mass is 10.0. The summed E-state index contributed by atoms with van der Waals surface area (Å²) < 4.78 is 5.14.